The van der Waals surface area contributed by atoms with E-state index in [9.17, 15) is 8.42 Å². The van der Waals surface area contributed by atoms with Gasteiger partial charge in [0.25, 0.3) is 0 Å². The van der Waals surface area contributed by atoms with Gasteiger partial charge in [-0.25, -0.2) is 18.4 Å². The smallest absolute Gasteiger partial charge is 0.222 e. The summed E-state index contributed by atoms with van der Waals surface area (Å²) in [5, 5.41) is 8.22. The van der Waals surface area contributed by atoms with E-state index in [4.69, 9.17) is 16.9 Å². The summed E-state index contributed by atoms with van der Waals surface area (Å²) < 4.78 is 22.4. The monoisotopic (exact) mass is 231 g/mol. The largest absolute Gasteiger partial charge is 0.223 e. The van der Waals surface area contributed by atoms with E-state index < -0.39 is 9.84 Å². The molecule has 0 aliphatic rings. The number of nitrogens with zero attached hydrogens (tertiary/aromatic N) is 3. The first-order valence-electron chi connectivity index (χ1n) is 3.50. The van der Waals surface area contributed by atoms with E-state index in [1.165, 1.54) is 6.92 Å². The molecule has 7 heteroatoms. The van der Waals surface area contributed by atoms with Gasteiger partial charge in [0.05, 0.1) is 5.69 Å². The summed E-state index contributed by atoms with van der Waals surface area (Å²) in [6.07, 6.45) is 0.964. The zero-order chi connectivity index (χ0) is 10.9. The standard InChI is InChI=1S/C7H6ClN3O2S/c1-4-5(3-9)6(14(2,12)13)11-7(8)10-4/h1-2H3. The van der Waals surface area contributed by atoms with E-state index in [1.807, 2.05) is 0 Å². The van der Waals surface area contributed by atoms with Crippen molar-refractivity contribution in [3.8, 4) is 6.07 Å². The van der Waals surface area contributed by atoms with Crippen molar-refractivity contribution in [1.29, 1.82) is 5.26 Å². The van der Waals surface area contributed by atoms with Gasteiger partial charge in [-0.05, 0) is 18.5 Å². The average molecular weight is 232 g/mol. The van der Waals surface area contributed by atoms with Crippen LogP contribution in [0.15, 0.2) is 5.03 Å². The van der Waals surface area contributed by atoms with Gasteiger partial charge in [-0.3, -0.25) is 0 Å². The van der Waals surface area contributed by atoms with Gasteiger partial charge in [0, 0.05) is 6.26 Å². The highest BCUT2D eigenvalue weighted by atomic mass is 35.5. The third kappa shape index (κ3) is 2.00. The number of hydrogen-bond donors (Lipinski definition) is 0. The second-order valence-corrected chi connectivity index (χ2v) is 4.91. The normalized spacial score (nSPS) is 11.0. The molecule has 0 saturated heterocycles. The fourth-order valence-electron chi connectivity index (χ4n) is 0.911. The Hall–Kier alpha value is -1.19. The lowest BCUT2D eigenvalue weighted by Crippen LogP contribution is -2.07. The molecule has 1 heterocycles. The van der Waals surface area contributed by atoms with Crippen LogP contribution in [0.4, 0.5) is 0 Å². The van der Waals surface area contributed by atoms with E-state index in [1.54, 1.807) is 6.07 Å². The number of aryl methyl sites for hydroxylation is 1. The summed E-state index contributed by atoms with van der Waals surface area (Å²) >= 11 is 5.49. The minimum atomic E-state index is -3.55. The van der Waals surface area contributed by atoms with Gasteiger partial charge in [0.15, 0.2) is 14.9 Å². The van der Waals surface area contributed by atoms with Crippen LogP contribution in [0, 0.1) is 18.3 Å². The average Bonchev–Trinajstić information content (AvgIpc) is 2.01. The topological polar surface area (TPSA) is 83.7 Å². The first kappa shape index (κ1) is 10.9. The Labute approximate surface area is 86.3 Å². The van der Waals surface area contributed by atoms with Crippen LogP contribution in [0.25, 0.3) is 0 Å². The first-order valence-corrected chi connectivity index (χ1v) is 5.77. The van der Waals surface area contributed by atoms with Gasteiger partial charge in [-0.15, -0.1) is 0 Å². The zero-order valence-electron chi connectivity index (χ0n) is 7.44. The van der Waals surface area contributed by atoms with Crippen LogP contribution >= 0.6 is 11.6 Å². The molecule has 0 spiro atoms. The number of aromatic nitrogens is 2. The maximum atomic E-state index is 11.2. The fourth-order valence-corrected chi connectivity index (χ4v) is 1.99. The van der Waals surface area contributed by atoms with Crippen molar-refractivity contribution >= 4 is 21.4 Å². The lowest BCUT2D eigenvalue weighted by molar-refractivity contribution is 0.597. The predicted molar refractivity (Wildman–Crippen MR) is 49.6 cm³/mol. The molecule has 0 atom stereocenters. The van der Waals surface area contributed by atoms with Crippen molar-refractivity contribution in [2.45, 2.75) is 11.9 Å². The van der Waals surface area contributed by atoms with Crippen LogP contribution in [-0.4, -0.2) is 24.6 Å². The SMILES string of the molecule is Cc1nc(Cl)nc(S(C)(=O)=O)c1C#N. The van der Waals surface area contributed by atoms with E-state index in [0.29, 0.717) is 0 Å². The van der Waals surface area contributed by atoms with Gasteiger partial charge in [-0.1, -0.05) is 0 Å². The maximum Gasteiger partial charge on any atom is 0.223 e. The fraction of sp³-hybridized carbons (Fsp3) is 0.286. The maximum absolute atomic E-state index is 11.2. The highest BCUT2D eigenvalue weighted by Crippen LogP contribution is 2.16. The molecule has 0 aliphatic heterocycles. The predicted octanol–water partition coefficient (Wildman–Crippen LogP) is 0.714. The van der Waals surface area contributed by atoms with E-state index in [0.717, 1.165) is 6.26 Å². The molecule has 14 heavy (non-hydrogen) atoms. The van der Waals surface area contributed by atoms with Gasteiger partial charge in [0.1, 0.15) is 11.6 Å². The van der Waals surface area contributed by atoms with Gasteiger partial charge in [-0.2, -0.15) is 5.26 Å². The molecule has 0 fully saturated rings. The molecule has 0 unspecified atom stereocenters. The molecule has 0 radical (unpaired) electrons. The van der Waals surface area contributed by atoms with Gasteiger partial charge >= 0.3 is 0 Å². The van der Waals surface area contributed by atoms with E-state index >= 15 is 0 Å². The Morgan fingerprint density at radius 3 is 2.43 bits per heavy atom. The molecule has 0 aromatic carbocycles. The van der Waals surface area contributed by atoms with E-state index in [-0.39, 0.29) is 21.6 Å². The number of halogens is 1. The minimum absolute atomic E-state index is 0.0584. The minimum Gasteiger partial charge on any atom is -0.222 e. The van der Waals surface area contributed by atoms with Crippen molar-refractivity contribution in [2.75, 3.05) is 6.26 Å². The number of hydrogen-bond acceptors (Lipinski definition) is 5. The molecule has 74 valence electrons. The number of sulfone groups is 1. The van der Waals surface area contributed by atoms with Crippen molar-refractivity contribution in [2.24, 2.45) is 0 Å². The van der Waals surface area contributed by atoms with Crippen LogP contribution in [0.1, 0.15) is 11.3 Å². The van der Waals surface area contributed by atoms with Crippen LogP contribution in [-0.2, 0) is 9.84 Å². The number of nitriles is 1. The summed E-state index contributed by atoms with van der Waals surface area (Å²) in [5.41, 5.74) is 0.199. The Morgan fingerprint density at radius 2 is 2.00 bits per heavy atom. The van der Waals surface area contributed by atoms with Crippen molar-refractivity contribution in [3.05, 3.63) is 16.5 Å². The molecule has 1 aromatic rings. The molecule has 1 rings (SSSR count). The van der Waals surface area contributed by atoms with Crippen LogP contribution in [0.5, 0.6) is 0 Å². The van der Waals surface area contributed by atoms with Crippen LogP contribution in [0.2, 0.25) is 5.28 Å². The van der Waals surface area contributed by atoms with Crippen molar-refractivity contribution in [1.82, 2.24) is 9.97 Å². The molecule has 0 amide bonds. The van der Waals surface area contributed by atoms with Crippen LogP contribution < -0.4 is 0 Å². The highest BCUT2D eigenvalue weighted by molar-refractivity contribution is 7.90. The summed E-state index contributed by atoms with van der Waals surface area (Å²) in [6.45, 7) is 1.50. The van der Waals surface area contributed by atoms with E-state index in [2.05, 4.69) is 9.97 Å². The summed E-state index contributed by atoms with van der Waals surface area (Å²) in [7, 11) is -3.55. The Kier molecular flexibility index (Phi) is 2.73. The third-order valence-electron chi connectivity index (χ3n) is 1.49. The lowest BCUT2D eigenvalue weighted by atomic mass is 10.3. The van der Waals surface area contributed by atoms with Crippen molar-refractivity contribution < 1.29 is 8.42 Å². The Balaban J connectivity index is 3.68. The molecular weight excluding hydrogens is 226 g/mol. The second kappa shape index (κ2) is 3.52. The first-order chi connectivity index (χ1) is 6.36. The van der Waals surface area contributed by atoms with Gasteiger partial charge in [0.2, 0.25) is 5.28 Å². The van der Waals surface area contributed by atoms with Gasteiger partial charge < -0.3 is 0 Å². The molecule has 0 bridgehead atoms. The molecule has 1 aromatic heterocycles. The molecular formula is C7H6ClN3O2S. The third-order valence-corrected chi connectivity index (χ3v) is 2.66. The highest BCUT2D eigenvalue weighted by Gasteiger charge is 2.19. The zero-order valence-corrected chi connectivity index (χ0v) is 9.02. The summed E-state index contributed by atoms with van der Waals surface area (Å²) in [6, 6.07) is 1.73. The van der Waals surface area contributed by atoms with Crippen LogP contribution in [0.3, 0.4) is 0 Å². The molecule has 0 saturated carbocycles. The molecule has 5 nitrogen and oxygen atoms in total. The van der Waals surface area contributed by atoms with Crippen molar-refractivity contribution in [3.63, 3.8) is 0 Å². The Bertz CT molecular complexity index is 518. The molecule has 0 aliphatic carbocycles. The quantitative estimate of drug-likeness (QED) is 0.525. The molecule has 0 N–H and O–H groups in total. The number of rotatable bonds is 1. The Morgan fingerprint density at radius 1 is 1.43 bits per heavy atom. The second-order valence-electron chi connectivity index (χ2n) is 2.64. The summed E-state index contributed by atoms with van der Waals surface area (Å²) in [5.74, 6) is 0. The lowest BCUT2D eigenvalue weighted by Gasteiger charge is -2.02. The summed E-state index contributed by atoms with van der Waals surface area (Å²) in [4.78, 5) is 7.21.